The number of hydrogen-bond acceptors (Lipinski definition) is 3. The molecular formula is C19H32FIN4O. The molecule has 1 saturated heterocycles. The van der Waals surface area contributed by atoms with Crippen LogP contribution in [-0.4, -0.2) is 45.9 Å². The molecule has 0 spiro atoms. The number of nitrogens with one attached hydrogen (secondary N) is 2. The molecule has 0 atom stereocenters. The van der Waals surface area contributed by atoms with Crippen LogP contribution in [0.3, 0.4) is 0 Å². The van der Waals surface area contributed by atoms with E-state index in [0.29, 0.717) is 25.4 Å². The first-order valence-corrected chi connectivity index (χ1v) is 9.30. The summed E-state index contributed by atoms with van der Waals surface area (Å²) in [5.41, 5.74) is 1.56. The second-order valence-electron chi connectivity index (χ2n) is 6.30. The summed E-state index contributed by atoms with van der Waals surface area (Å²) in [5.74, 6) is 0.581. The molecule has 1 aromatic rings. The minimum atomic E-state index is -0.177. The van der Waals surface area contributed by atoms with E-state index in [1.165, 1.54) is 19.3 Å². The molecule has 0 amide bonds. The Bertz CT molecular complexity index is 550. The van der Waals surface area contributed by atoms with Gasteiger partial charge in [0.25, 0.3) is 0 Å². The molecule has 1 aliphatic heterocycles. The van der Waals surface area contributed by atoms with Crippen LogP contribution in [0.4, 0.5) is 10.1 Å². The number of benzene rings is 1. The van der Waals surface area contributed by atoms with E-state index in [0.717, 1.165) is 37.6 Å². The van der Waals surface area contributed by atoms with Crippen molar-refractivity contribution in [3.63, 3.8) is 0 Å². The molecule has 1 fully saturated rings. The molecule has 0 aromatic heterocycles. The number of anilines is 1. The third-order valence-electron chi connectivity index (χ3n) is 4.37. The van der Waals surface area contributed by atoms with Gasteiger partial charge in [0.05, 0.1) is 18.9 Å². The largest absolute Gasteiger partial charge is 0.378 e. The number of unbranched alkanes of at least 4 members (excludes halogenated alkanes) is 3. The molecule has 26 heavy (non-hydrogen) atoms. The fourth-order valence-electron chi connectivity index (χ4n) is 2.89. The summed E-state index contributed by atoms with van der Waals surface area (Å²) >= 11 is 0. The van der Waals surface area contributed by atoms with Crippen molar-refractivity contribution in [1.82, 2.24) is 10.6 Å². The van der Waals surface area contributed by atoms with Crippen molar-refractivity contribution in [3.05, 3.63) is 29.6 Å². The maximum absolute atomic E-state index is 14.4. The second-order valence-corrected chi connectivity index (χ2v) is 6.30. The zero-order valence-corrected chi connectivity index (χ0v) is 18.2. The topological polar surface area (TPSA) is 48.9 Å². The smallest absolute Gasteiger partial charge is 0.191 e. The van der Waals surface area contributed by atoms with Crippen molar-refractivity contribution < 1.29 is 9.13 Å². The molecule has 1 heterocycles. The van der Waals surface area contributed by atoms with Crippen molar-refractivity contribution in [2.75, 3.05) is 44.8 Å². The van der Waals surface area contributed by atoms with E-state index in [1.54, 1.807) is 13.1 Å². The first-order valence-electron chi connectivity index (χ1n) is 9.30. The van der Waals surface area contributed by atoms with Gasteiger partial charge >= 0.3 is 0 Å². The summed E-state index contributed by atoms with van der Waals surface area (Å²) in [5, 5.41) is 6.54. The van der Waals surface area contributed by atoms with Gasteiger partial charge in [-0.3, -0.25) is 4.99 Å². The van der Waals surface area contributed by atoms with Crippen LogP contribution in [0.1, 0.15) is 38.2 Å². The van der Waals surface area contributed by atoms with Crippen molar-refractivity contribution >= 4 is 35.6 Å². The highest BCUT2D eigenvalue weighted by atomic mass is 127. The van der Waals surface area contributed by atoms with E-state index in [1.807, 2.05) is 17.0 Å². The summed E-state index contributed by atoms with van der Waals surface area (Å²) in [6.07, 6.45) is 4.87. The van der Waals surface area contributed by atoms with Gasteiger partial charge in [0.15, 0.2) is 5.96 Å². The molecule has 0 aliphatic carbocycles. The fourth-order valence-corrected chi connectivity index (χ4v) is 2.89. The van der Waals surface area contributed by atoms with E-state index in [4.69, 9.17) is 4.74 Å². The molecule has 1 aromatic carbocycles. The van der Waals surface area contributed by atoms with Crippen LogP contribution < -0.4 is 15.5 Å². The number of nitrogens with zero attached hydrogens (tertiary/aromatic N) is 2. The Labute approximate surface area is 173 Å². The monoisotopic (exact) mass is 478 g/mol. The Morgan fingerprint density at radius 1 is 1.19 bits per heavy atom. The molecule has 1 aliphatic rings. The SMILES string of the molecule is CCCCCCNC(=NC)NCc1ccc(N2CCOCC2)c(F)c1.I. The highest BCUT2D eigenvalue weighted by Gasteiger charge is 2.15. The molecular weight excluding hydrogens is 446 g/mol. The predicted molar refractivity (Wildman–Crippen MR) is 117 cm³/mol. The minimum absolute atomic E-state index is 0. The molecule has 148 valence electrons. The Morgan fingerprint density at radius 2 is 1.96 bits per heavy atom. The average molecular weight is 478 g/mol. The second kappa shape index (κ2) is 13.1. The highest BCUT2D eigenvalue weighted by molar-refractivity contribution is 14.0. The van der Waals surface area contributed by atoms with Crippen LogP contribution in [0.5, 0.6) is 0 Å². The maximum atomic E-state index is 14.4. The van der Waals surface area contributed by atoms with Crippen molar-refractivity contribution in [3.8, 4) is 0 Å². The van der Waals surface area contributed by atoms with Gasteiger partial charge < -0.3 is 20.3 Å². The average Bonchev–Trinajstić information content (AvgIpc) is 2.65. The van der Waals surface area contributed by atoms with Gasteiger partial charge in [-0.05, 0) is 24.1 Å². The summed E-state index contributed by atoms with van der Waals surface area (Å²) in [4.78, 5) is 6.25. The third-order valence-corrected chi connectivity index (χ3v) is 4.37. The zero-order chi connectivity index (χ0) is 17.9. The normalized spacial score (nSPS) is 14.7. The van der Waals surface area contributed by atoms with Crippen molar-refractivity contribution in [1.29, 1.82) is 0 Å². The van der Waals surface area contributed by atoms with Crippen LogP contribution in [0.25, 0.3) is 0 Å². The number of halogens is 2. The van der Waals surface area contributed by atoms with Gasteiger partial charge in [-0.25, -0.2) is 4.39 Å². The first-order chi connectivity index (χ1) is 12.2. The van der Waals surface area contributed by atoms with E-state index < -0.39 is 0 Å². The Balaban J connectivity index is 0.00000338. The van der Waals surface area contributed by atoms with Crippen molar-refractivity contribution in [2.24, 2.45) is 4.99 Å². The van der Waals surface area contributed by atoms with Crippen LogP contribution in [0.2, 0.25) is 0 Å². The molecule has 0 bridgehead atoms. The Morgan fingerprint density at radius 3 is 2.62 bits per heavy atom. The standard InChI is InChI=1S/C19H31FN4O.HI/c1-3-4-5-6-9-22-19(21-2)23-15-16-7-8-18(17(20)14-16)24-10-12-25-13-11-24;/h7-8,14H,3-6,9-13,15H2,1-2H3,(H2,21,22,23);1H. The van der Waals surface area contributed by atoms with Gasteiger partial charge in [-0.2, -0.15) is 0 Å². The number of rotatable bonds is 8. The molecule has 0 radical (unpaired) electrons. The number of aliphatic imine (C=N–C) groups is 1. The number of morpholine rings is 1. The lowest BCUT2D eigenvalue weighted by Crippen LogP contribution is -2.37. The summed E-state index contributed by atoms with van der Waals surface area (Å²) in [7, 11) is 1.75. The fraction of sp³-hybridized carbons (Fsp3) is 0.632. The van der Waals surface area contributed by atoms with Gasteiger partial charge in [0.2, 0.25) is 0 Å². The van der Waals surface area contributed by atoms with Gasteiger partial charge in [0.1, 0.15) is 5.82 Å². The highest BCUT2D eigenvalue weighted by Crippen LogP contribution is 2.21. The first kappa shape index (κ1) is 23.0. The lowest BCUT2D eigenvalue weighted by Gasteiger charge is -2.29. The summed E-state index contributed by atoms with van der Waals surface area (Å²) in [6, 6.07) is 5.43. The van der Waals surface area contributed by atoms with Crippen molar-refractivity contribution in [2.45, 2.75) is 39.2 Å². The van der Waals surface area contributed by atoms with E-state index in [2.05, 4.69) is 22.5 Å². The molecule has 0 saturated carbocycles. The lowest BCUT2D eigenvalue weighted by molar-refractivity contribution is 0.122. The van der Waals surface area contributed by atoms with Crippen LogP contribution in [0.15, 0.2) is 23.2 Å². The molecule has 0 unspecified atom stereocenters. The molecule has 7 heteroatoms. The Hall–Kier alpha value is -1.09. The molecule has 5 nitrogen and oxygen atoms in total. The van der Waals surface area contributed by atoms with E-state index >= 15 is 0 Å². The maximum Gasteiger partial charge on any atom is 0.191 e. The van der Waals surface area contributed by atoms with E-state index in [-0.39, 0.29) is 29.8 Å². The summed E-state index contributed by atoms with van der Waals surface area (Å²) < 4.78 is 19.7. The Kier molecular flexibility index (Phi) is 11.6. The van der Waals surface area contributed by atoms with E-state index in [9.17, 15) is 4.39 Å². The van der Waals surface area contributed by atoms with Crippen LogP contribution in [0, 0.1) is 5.82 Å². The van der Waals surface area contributed by atoms with Crippen LogP contribution in [-0.2, 0) is 11.3 Å². The molecule has 2 N–H and O–H groups in total. The predicted octanol–water partition coefficient (Wildman–Crippen LogP) is 3.53. The zero-order valence-electron chi connectivity index (χ0n) is 15.9. The van der Waals surface area contributed by atoms with Gasteiger partial charge in [-0.1, -0.05) is 32.3 Å². The number of guanidine groups is 1. The molecule has 2 rings (SSSR count). The summed E-state index contributed by atoms with van der Waals surface area (Å²) in [6.45, 7) is 6.45. The van der Waals surface area contributed by atoms with Crippen LogP contribution >= 0.6 is 24.0 Å². The van der Waals surface area contributed by atoms with Gasteiger partial charge in [0, 0.05) is 33.2 Å². The third kappa shape index (κ3) is 7.65. The number of hydrogen-bond donors (Lipinski definition) is 2. The van der Waals surface area contributed by atoms with Gasteiger partial charge in [-0.15, -0.1) is 24.0 Å². The lowest BCUT2D eigenvalue weighted by atomic mass is 10.1. The quantitative estimate of drug-likeness (QED) is 0.260. The number of ether oxygens (including phenoxy) is 1. The minimum Gasteiger partial charge on any atom is -0.378 e.